The molecule has 0 bridgehead atoms. The molecule has 1 heterocycles. The van der Waals surface area contributed by atoms with Crippen LogP contribution in [-0.4, -0.2) is 23.1 Å². The molecule has 0 spiro atoms. The number of hydrogen-bond donors (Lipinski definition) is 2. The van der Waals surface area contributed by atoms with Crippen molar-refractivity contribution in [1.82, 2.24) is 9.97 Å². The molecular formula is C15H21N3O. The third-order valence-corrected chi connectivity index (χ3v) is 3.24. The summed E-state index contributed by atoms with van der Waals surface area (Å²) in [6, 6.07) is 7.98. The zero-order valence-electron chi connectivity index (χ0n) is 11.5. The zero-order chi connectivity index (χ0) is 13.7. The van der Waals surface area contributed by atoms with E-state index in [0.717, 1.165) is 29.3 Å². The number of imidazole rings is 1. The Hall–Kier alpha value is -1.81. The number of nitrogens with zero attached hydrogens (tertiary/aromatic N) is 1. The number of nitrogens with one attached hydrogen (secondary N) is 1. The van der Waals surface area contributed by atoms with E-state index in [9.17, 15) is 0 Å². The van der Waals surface area contributed by atoms with Crippen LogP contribution in [0.1, 0.15) is 32.0 Å². The first-order chi connectivity index (χ1) is 9.30. The number of rotatable bonds is 6. The van der Waals surface area contributed by atoms with Gasteiger partial charge < -0.3 is 15.5 Å². The standard InChI is InChI=1S/C15H21N3O/c1-3-11(9-16)15-17-10-13(18-15)12-7-5-6-8-14(12)19-4-2/h5-8,10-11H,3-4,9,16H2,1-2H3,(H,17,18). The van der Waals surface area contributed by atoms with Crippen molar-refractivity contribution in [3.05, 3.63) is 36.3 Å². The lowest BCUT2D eigenvalue weighted by Crippen LogP contribution is -2.12. The van der Waals surface area contributed by atoms with E-state index in [-0.39, 0.29) is 5.92 Å². The topological polar surface area (TPSA) is 63.9 Å². The maximum absolute atomic E-state index is 5.76. The lowest BCUT2D eigenvalue weighted by Gasteiger charge is -2.09. The third-order valence-electron chi connectivity index (χ3n) is 3.24. The molecule has 1 unspecified atom stereocenters. The van der Waals surface area contributed by atoms with Crippen molar-refractivity contribution in [2.45, 2.75) is 26.2 Å². The zero-order valence-corrected chi connectivity index (χ0v) is 11.5. The van der Waals surface area contributed by atoms with Gasteiger partial charge >= 0.3 is 0 Å². The quantitative estimate of drug-likeness (QED) is 0.838. The van der Waals surface area contributed by atoms with E-state index in [1.54, 1.807) is 0 Å². The van der Waals surface area contributed by atoms with Gasteiger partial charge in [-0.15, -0.1) is 0 Å². The van der Waals surface area contributed by atoms with E-state index in [4.69, 9.17) is 10.5 Å². The summed E-state index contributed by atoms with van der Waals surface area (Å²) in [5, 5.41) is 0. The Labute approximate surface area is 114 Å². The molecule has 1 aromatic heterocycles. The molecule has 1 aromatic carbocycles. The van der Waals surface area contributed by atoms with Gasteiger partial charge in [0.2, 0.25) is 0 Å². The summed E-state index contributed by atoms with van der Waals surface area (Å²) in [6.07, 6.45) is 2.84. The Morgan fingerprint density at radius 1 is 1.32 bits per heavy atom. The molecule has 4 nitrogen and oxygen atoms in total. The Balaban J connectivity index is 2.32. The summed E-state index contributed by atoms with van der Waals surface area (Å²) in [5.74, 6) is 2.11. The summed E-state index contributed by atoms with van der Waals surface area (Å²) < 4.78 is 5.64. The first kappa shape index (κ1) is 13.6. The highest BCUT2D eigenvalue weighted by molar-refractivity contribution is 5.66. The number of aromatic nitrogens is 2. The summed E-state index contributed by atoms with van der Waals surface area (Å²) in [4.78, 5) is 7.80. The molecule has 2 rings (SSSR count). The minimum absolute atomic E-state index is 0.285. The molecule has 0 saturated carbocycles. The predicted molar refractivity (Wildman–Crippen MR) is 77.3 cm³/mol. The number of benzene rings is 1. The van der Waals surface area contributed by atoms with Crippen LogP contribution in [-0.2, 0) is 0 Å². The van der Waals surface area contributed by atoms with Crippen LogP contribution in [0.15, 0.2) is 30.5 Å². The van der Waals surface area contributed by atoms with Gasteiger partial charge in [0.05, 0.1) is 18.5 Å². The first-order valence-electron chi connectivity index (χ1n) is 6.77. The van der Waals surface area contributed by atoms with Crippen molar-refractivity contribution in [2.75, 3.05) is 13.2 Å². The lowest BCUT2D eigenvalue weighted by molar-refractivity contribution is 0.341. The Morgan fingerprint density at radius 3 is 2.79 bits per heavy atom. The fraction of sp³-hybridized carbons (Fsp3) is 0.400. The highest BCUT2D eigenvalue weighted by Crippen LogP contribution is 2.29. The maximum Gasteiger partial charge on any atom is 0.128 e. The second-order valence-corrected chi connectivity index (χ2v) is 4.45. The molecule has 4 heteroatoms. The molecular weight excluding hydrogens is 238 g/mol. The molecule has 0 fully saturated rings. The van der Waals surface area contributed by atoms with Crippen LogP contribution in [0.25, 0.3) is 11.3 Å². The van der Waals surface area contributed by atoms with Gasteiger partial charge in [-0.3, -0.25) is 0 Å². The lowest BCUT2D eigenvalue weighted by atomic mass is 10.1. The largest absolute Gasteiger partial charge is 0.493 e. The van der Waals surface area contributed by atoms with Gasteiger partial charge in [0.15, 0.2) is 0 Å². The minimum atomic E-state index is 0.285. The van der Waals surface area contributed by atoms with Gasteiger partial charge in [-0.1, -0.05) is 19.1 Å². The smallest absolute Gasteiger partial charge is 0.128 e. The molecule has 0 aliphatic heterocycles. The first-order valence-corrected chi connectivity index (χ1v) is 6.77. The van der Waals surface area contributed by atoms with E-state index in [0.29, 0.717) is 13.2 Å². The molecule has 0 aliphatic rings. The molecule has 1 atom stereocenters. The minimum Gasteiger partial charge on any atom is -0.493 e. The van der Waals surface area contributed by atoms with E-state index in [1.165, 1.54) is 0 Å². The molecule has 102 valence electrons. The van der Waals surface area contributed by atoms with Crippen LogP contribution in [0, 0.1) is 0 Å². The van der Waals surface area contributed by atoms with Crippen molar-refractivity contribution in [2.24, 2.45) is 5.73 Å². The average Bonchev–Trinajstić information content (AvgIpc) is 2.91. The van der Waals surface area contributed by atoms with Crippen LogP contribution >= 0.6 is 0 Å². The van der Waals surface area contributed by atoms with Crippen LogP contribution in [0.5, 0.6) is 5.75 Å². The Kier molecular flexibility index (Phi) is 4.58. The molecule has 0 saturated heterocycles. The van der Waals surface area contributed by atoms with Gasteiger partial charge in [-0.25, -0.2) is 4.98 Å². The highest BCUT2D eigenvalue weighted by atomic mass is 16.5. The van der Waals surface area contributed by atoms with E-state index in [1.807, 2.05) is 37.4 Å². The molecule has 0 radical (unpaired) electrons. The van der Waals surface area contributed by atoms with Gasteiger partial charge in [0, 0.05) is 18.0 Å². The van der Waals surface area contributed by atoms with Crippen LogP contribution in [0.4, 0.5) is 0 Å². The van der Waals surface area contributed by atoms with Crippen molar-refractivity contribution in [3.63, 3.8) is 0 Å². The monoisotopic (exact) mass is 259 g/mol. The SMILES string of the molecule is CCOc1ccccc1-c1cnc(C(CC)CN)[nH]1. The van der Waals surface area contributed by atoms with Crippen molar-refractivity contribution < 1.29 is 4.74 Å². The molecule has 19 heavy (non-hydrogen) atoms. The Bertz CT molecular complexity index is 518. The highest BCUT2D eigenvalue weighted by Gasteiger charge is 2.13. The fourth-order valence-electron chi connectivity index (χ4n) is 2.12. The summed E-state index contributed by atoms with van der Waals surface area (Å²) in [5.41, 5.74) is 7.77. The van der Waals surface area contributed by atoms with Crippen molar-refractivity contribution in [1.29, 1.82) is 0 Å². The predicted octanol–water partition coefficient (Wildman–Crippen LogP) is 2.93. The summed E-state index contributed by atoms with van der Waals surface area (Å²) in [7, 11) is 0. The number of ether oxygens (including phenoxy) is 1. The van der Waals surface area contributed by atoms with Crippen LogP contribution in [0.3, 0.4) is 0 Å². The number of H-pyrrole nitrogens is 1. The van der Waals surface area contributed by atoms with Gasteiger partial charge in [0.25, 0.3) is 0 Å². The second-order valence-electron chi connectivity index (χ2n) is 4.45. The van der Waals surface area contributed by atoms with Gasteiger partial charge in [-0.05, 0) is 25.5 Å². The normalized spacial score (nSPS) is 12.4. The van der Waals surface area contributed by atoms with Gasteiger partial charge in [0.1, 0.15) is 11.6 Å². The molecule has 0 aliphatic carbocycles. The summed E-state index contributed by atoms with van der Waals surface area (Å²) >= 11 is 0. The van der Waals surface area contributed by atoms with Crippen LogP contribution < -0.4 is 10.5 Å². The number of nitrogens with two attached hydrogens (primary N) is 1. The van der Waals surface area contributed by atoms with E-state index in [2.05, 4.69) is 16.9 Å². The average molecular weight is 259 g/mol. The van der Waals surface area contributed by atoms with Gasteiger partial charge in [-0.2, -0.15) is 0 Å². The Morgan fingerprint density at radius 2 is 2.11 bits per heavy atom. The fourth-order valence-corrected chi connectivity index (χ4v) is 2.12. The van der Waals surface area contributed by atoms with Crippen molar-refractivity contribution >= 4 is 0 Å². The number of hydrogen-bond acceptors (Lipinski definition) is 3. The second kappa shape index (κ2) is 6.38. The summed E-state index contributed by atoms with van der Waals surface area (Å²) in [6.45, 7) is 5.36. The maximum atomic E-state index is 5.76. The van der Waals surface area contributed by atoms with Crippen LogP contribution in [0.2, 0.25) is 0 Å². The third kappa shape index (κ3) is 2.96. The molecule has 3 N–H and O–H groups in total. The number of aromatic amines is 1. The molecule has 0 amide bonds. The van der Waals surface area contributed by atoms with Crippen molar-refractivity contribution in [3.8, 4) is 17.0 Å². The number of para-hydroxylation sites is 1. The molecule has 2 aromatic rings. The van der Waals surface area contributed by atoms with E-state index >= 15 is 0 Å². The van der Waals surface area contributed by atoms with E-state index < -0.39 is 0 Å².